The van der Waals surface area contributed by atoms with E-state index in [1.165, 1.54) is 12.1 Å². The minimum atomic E-state index is -3.88. The number of hydrazine groups is 1. The zero-order chi connectivity index (χ0) is 17.0. The van der Waals surface area contributed by atoms with Gasteiger partial charge >= 0.3 is 0 Å². The van der Waals surface area contributed by atoms with Gasteiger partial charge in [-0.25, -0.2) is 14.3 Å². The highest BCUT2D eigenvalue weighted by Crippen LogP contribution is 2.28. The maximum Gasteiger partial charge on any atom is 0.264 e. The molecule has 6 nitrogen and oxygen atoms in total. The largest absolute Gasteiger partial charge is 0.293 e. The first kappa shape index (κ1) is 17.0. The number of carbonyl (C=O) groups is 1. The minimum Gasteiger partial charge on any atom is -0.293 e. The summed E-state index contributed by atoms with van der Waals surface area (Å²) < 4.78 is 27.0. The van der Waals surface area contributed by atoms with Crippen molar-refractivity contribution in [3.63, 3.8) is 0 Å². The van der Waals surface area contributed by atoms with E-state index < -0.39 is 22.5 Å². The SMILES string of the molecule is Cc1cccc(N(CC(=O)NN)S(=O)(=O)c2ccccc2)c1C. The van der Waals surface area contributed by atoms with Crippen molar-refractivity contribution in [1.82, 2.24) is 5.43 Å². The Balaban J connectivity index is 2.59. The Labute approximate surface area is 135 Å². The van der Waals surface area contributed by atoms with Crippen LogP contribution < -0.4 is 15.6 Å². The standard InChI is InChI=1S/C16H19N3O3S/c1-12-7-6-10-15(13(12)2)19(11-16(20)18-17)23(21,22)14-8-4-3-5-9-14/h3-10H,11,17H2,1-2H3,(H,18,20). The van der Waals surface area contributed by atoms with Crippen LogP contribution in [0.15, 0.2) is 53.4 Å². The summed E-state index contributed by atoms with van der Waals surface area (Å²) in [6.45, 7) is 3.31. The lowest BCUT2D eigenvalue weighted by atomic mass is 10.1. The van der Waals surface area contributed by atoms with Gasteiger partial charge < -0.3 is 0 Å². The van der Waals surface area contributed by atoms with E-state index in [1.54, 1.807) is 30.3 Å². The van der Waals surface area contributed by atoms with Crippen LogP contribution in [0.25, 0.3) is 0 Å². The van der Waals surface area contributed by atoms with Gasteiger partial charge in [-0.05, 0) is 43.2 Å². The quantitative estimate of drug-likeness (QED) is 0.492. The molecule has 2 aromatic carbocycles. The molecule has 2 aromatic rings. The van der Waals surface area contributed by atoms with Crippen LogP contribution >= 0.6 is 0 Å². The summed E-state index contributed by atoms with van der Waals surface area (Å²) in [6, 6.07) is 13.3. The Bertz CT molecular complexity index is 805. The molecule has 0 fully saturated rings. The minimum absolute atomic E-state index is 0.116. The Morgan fingerprint density at radius 3 is 2.35 bits per heavy atom. The van der Waals surface area contributed by atoms with Crippen molar-refractivity contribution in [2.45, 2.75) is 18.7 Å². The summed E-state index contributed by atoms with van der Waals surface area (Å²) in [5, 5.41) is 0. The number of rotatable bonds is 5. The van der Waals surface area contributed by atoms with Crippen LogP contribution in [0.4, 0.5) is 5.69 Å². The lowest BCUT2D eigenvalue weighted by Gasteiger charge is -2.26. The molecule has 2 rings (SSSR count). The number of anilines is 1. The summed E-state index contributed by atoms with van der Waals surface area (Å²) in [5.41, 5.74) is 4.16. The first-order chi connectivity index (χ1) is 10.9. The lowest BCUT2D eigenvalue weighted by Crippen LogP contribution is -2.43. The van der Waals surface area contributed by atoms with E-state index >= 15 is 0 Å². The van der Waals surface area contributed by atoms with Crippen molar-refractivity contribution < 1.29 is 13.2 Å². The van der Waals surface area contributed by atoms with E-state index in [2.05, 4.69) is 0 Å². The second-order valence-corrected chi connectivity index (χ2v) is 6.97. The molecule has 0 saturated heterocycles. The van der Waals surface area contributed by atoms with Crippen molar-refractivity contribution in [1.29, 1.82) is 0 Å². The van der Waals surface area contributed by atoms with Crippen LogP contribution in [0.3, 0.4) is 0 Å². The highest BCUT2D eigenvalue weighted by molar-refractivity contribution is 7.92. The number of hydrogen-bond acceptors (Lipinski definition) is 4. The van der Waals surface area contributed by atoms with Crippen LogP contribution in [-0.2, 0) is 14.8 Å². The number of aryl methyl sites for hydroxylation is 1. The fourth-order valence-electron chi connectivity index (χ4n) is 2.20. The van der Waals surface area contributed by atoms with Gasteiger partial charge in [0.05, 0.1) is 10.6 Å². The number of sulfonamides is 1. The lowest BCUT2D eigenvalue weighted by molar-refractivity contribution is -0.119. The maximum absolute atomic E-state index is 13.0. The number of nitrogens with two attached hydrogens (primary N) is 1. The monoisotopic (exact) mass is 333 g/mol. The molecule has 1 amide bonds. The second-order valence-electron chi connectivity index (χ2n) is 5.11. The van der Waals surface area contributed by atoms with E-state index in [4.69, 9.17) is 5.84 Å². The molecular formula is C16H19N3O3S. The molecule has 0 unspecified atom stereocenters. The van der Waals surface area contributed by atoms with Crippen LogP contribution in [0, 0.1) is 13.8 Å². The van der Waals surface area contributed by atoms with Crippen LogP contribution in [-0.4, -0.2) is 20.9 Å². The van der Waals surface area contributed by atoms with E-state index in [9.17, 15) is 13.2 Å². The average molecular weight is 333 g/mol. The molecule has 0 aliphatic carbocycles. The normalized spacial score (nSPS) is 11.1. The molecule has 0 atom stereocenters. The van der Waals surface area contributed by atoms with E-state index in [1.807, 2.05) is 25.3 Å². The van der Waals surface area contributed by atoms with Gasteiger partial charge in [-0.2, -0.15) is 0 Å². The van der Waals surface area contributed by atoms with Gasteiger partial charge in [0.2, 0.25) is 0 Å². The third kappa shape index (κ3) is 3.52. The summed E-state index contributed by atoms with van der Waals surface area (Å²) >= 11 is 0. The smallest absolute Gasteiger partial charge is 0.264 e. The van der Waals surface area contributed by atoms with Crippen LogP contribution in [0.5, 0.6) is 0 Å². The predicted molar refractivity (Wildman–Crippen MR) is 89.2 cm³/mol. The van der Waals surface area contributed by atoms with Gasteiger partial charge in [0, 0.05) is 0 Å². The maximum atomic E-state index is 13.0. The first-order valence-corrected chi connectivity index (χ1v) is 8.45. The van der Waals surface area contributed by atoms with Gasteiger partial charge in [0.25, 0.3) is 15.9 Å². The van der Waals surface area contributed by atoms with Crippen molar-refractivity contribution in [3.8, 4) is 0 Å². The summed E-state index contributed by atoms with van der Waals surface area (Å²) in [4.78, 5) is 11.8. The highest BCUT2D eigenvalue weighted by Gasteiger charge is 2.28. The molecule has 0 spiro atoms. The molecule has 0 saturated carbocycles. The first-order valence-electron chi connectivity index (χ1n) is 7.01. The Morgan fingerprint density at radius 2 is 1.74 bits per heavy atom. The molecule has 23 heavy (non-hydrogen) atoms. The zero-order valence-electron chi connectivity index (χ0n) is 13.0. The third-order valence-electron chi connectivity index (χ3n) is 3.62. The number of benzene rings is 2. The number of amides is 1. The molecule has 0 aliphatic heterocycles. The number of nitrogens with zero attached hydrogens (tertiary/aromatic N) is 1. The number of carbonyl (C=O) groups excluding carboxylic acids is 1. The molecule has 122 valence electrons. The number of nitrogens with one attached hydrogen (secondary N) is 1. The summed E-state index contributed by atoms with van der Waals surface area (Å²) in [5.74, 6) is 4.54. The average Bonchev–Trinajstić information content (AvgIpc) is 2.56. The summed E-state index contributed by atoms with van der Waals surface area (Å²) in [7, 11) is -3.88. The van der Waals surface area contributed by atoms with Crippen molar-refractivity contribution in [3.05, 3.63) is 59.7 Å². The van der Waals surface area contributed by atoms with Crippen LogP contribution in [0.2, 0.25) is 0 Å². The fraction of sp³-hybridized carbons (Fsp3) is 0.188. The van der Waals surface area contributed by atoms with Gasteiger partial charge in [-0.15, -0.1) is 0 Å². The van der Waals surface area contributed by atoms with Crippen LogP contribution in [0.1, 0.15) is 11.1 Å². The predicted octanol–water partition coefficient (Wildman–Crippen LogP) is 1.49. The van der Waals surface area contributed by atoms with Crippen molar-refractivity contribution in [2.24, 2.45) is 5.84 Å². The van der Waals surface area contributed by atoms with Gasteiger partial charge in [0.1, 0.15) is 6.54 Å². The van der Waals surface area contributed by atoms with Crippen molar-refractivity contribution >= 4 is 21.6 Å². The summed E-state index contributed by atoms with van der Waals surface area (Å²) in [6.07, 6.45) is 0. The molecular weight excluding hydrogens is 314 g/mol. The Hall–Kier alpha value is -2.38. The molecule has 3 N–H and O–H groups in total. The molecule has 7 heteroatoms. The Morgan fingerprint density at radius 1 is 1.09 bits per heavy atom. The molecule has 0 radical (unpaired) electrons. The van der Waals surface area contributed by atoms with Gasteiger partial charge in [-0.1, -0.05) is 30.3 Å². The topological polar surface area (TPSA) is 92.5 Å². The fourth-order valence-corrected chi connectivity index (χ4v) is 3.70. The number of hydrogen-bond donors (Lipinski definition) is 2. The molecule has 0 bridgehead atoms. The highest BCUT2D eigenvalue weighted by atomic mass is 32.2. The van der Waals surface area contributed by atoms with Crippen molar-refractivity contribution in [2.75, 3.05) is 10.8 Å². The zero-order valence-corrected chi connectivity index (χ0v) is 13.8. The van der Waals surface area contributed by atoms with E-state index in [-0.39, 0.29) is 4.90 Å². The van der Waals surface area contributed by atoms with E-state index in [0.29, 0.717) is 5.69 Å². The third-order valence-corrected chi connectivity index (χ3v) is 5.40. The van der Waals surface area contributed by atoms with Gasteiger partial charge in [0.15, 0.2) is 0 Å². The van der Waals surface area contributed by atoms with E-state index in [0.717, 1.165) is 15.4 Å². The molecule has 0 aromatic heterocycles. The second kappa shape index (κ2) is 6.80. The van der Waals surface area contributed by atoms with Gasteiger partial charge in [-0.3, -0.25) is 14.5 Å². The Kier molecular flexibility index (Phi) is 5.02. The molecule has 0 heterocycles. The molecule has 0 aliphatic rings.